The summed E-state index contributed by atoms with van der Waals surface area (Å²) in [5, 5.41) is 3.18. The molecule has 6 nitrogen and oxygen atoms in total. The third-order valence-corrected chi connectivity index (χ3v) is 4.68. The lowest BCUT2D eigenvalue weighted by Crippen LogP contribution is -2.31. The quantitative estimate of drug-likeness (QED) is 0.652. The lowest BCUT2D eigenvalue weighted by Gasteiger charge is -2.21. The first-order valence-electron chi connectivity index (χ1n) is 6.55. The molecule has 0 aliphatic carbocycles. The fourth-order valence-electron chi connectivity index (χ4n) is 1.60. The predicted octanol–water partition coefficient (Wildman–Crippen LogP) is 0.929. The van der Waals surface area contributed by atoms with E-state index in [0.29, 0.717) is 24.0 Å². The minimum atomic E-state index is -3.45. The molecule has 1 rings (SSSR count). The van der Waals surface area contributed by atoms with Crippen molar-refractivity contribution in [2.75, 3.05) is 38.2 Å². The number of nitrogen functional groups attached to an aromatic ring is 1. The average Bonchev–Trinajstić information content (AvgIpc) is 2.40. The van der Waals surface area contributed by atoms with Gasteiger partial charge in [0.15, 0.2) is 0 Å². The van der Waals surface area contributed by atoms with E-state index < -0.39 is 10.0 Å². The Hall–Kier alpha value is -1.31. The van der Waals surface area contributed by atoms with Crippen molar-refractivity contribution >= 4 is 21.4 Å². The van der Waals surface area contributed by atoms with E-state index in [1.807, 2.05) is 7.05 Å². The van der Waals surface area contributed by atoms with Gasteiger partial charge in [-0.1, -0.05) is 0 Å². The maximum absolute atomic E-state index is 11.7. The van der Waals surface area contributed by atoms with E-state index in [0.717, 1.165) is 6.54 Å². The van der Waals surface area contributed by atoms with E-state index in [4.69, 9.17) is 5.73 Å². The summed E-state index contributed by atoms with van der Waals surface area (Å²) >= 11 is 0. The van der Waals surface area contributed by atoms with Crippen molar-refractivity contribution in [1.82, 2.24) is 9.62 Å². The molecule has 1 aromatic carbocycles. The standard InChI is InChI=1S/C13H24N4O2S/c1-10(2)17(4)8-7-16-13-9-11(5-6-12(13)14)20(18,19)15-3/h5-6,9-10,15-16H,7-8,14H2,1-4H3. The fourth-order valence-corrected chi connectivity index (χ4v) is 2.35. The van der Waals surface area contributed by atoms with Gasteiger partial charge < -0.3 is 16.0 Å². The van der Waals surface area contributed by atoms with Gasteiger partial charge in [-0.3, -0.25) is 0 Å². The molecule has 0 fully saturated rings. The minimum Gasteiger partial charge on any atom is -0.397 e. The van der Waals surface area contributed by atoms with Gasteiger partial charge in [0.2, 0.25) is 10.0 Å². The highest BCUT2D eigenvalue weighted by atomic mass is 32.2. The fraction of sp³-hybridized carbons (Fsp3) is 0.538. The monoisotopic (exact) mass is 300 g/mol. The van der Waals surface area contributed by atoms with Crippen LogP contribution in [0, 0.1) is 0 Å². The third kappa shape index (κ3) is 4.36. The molecule has 0 amide bonds. The number of rotatable bonds is 7. The van der Waals surface area contributed by atoms with Gasteiger partial charge in [0.25, 0.3) is 0 Å². The van der Waals surface area contributed by atoms with Gasteiger partial charge in [0, 0.05) is 19.1 Å². The first-order valence-corrected chi connectivity index (χ1v) is 8.03. The SMILES string of the molecule is CNS(=O)(=O)c1ccc(N)c(NCCN(C)C(C)C)c1. The number of hydrogen-bond donors (Lipinski definition) is 3. The Morgan fingerprint density at radius 3 is 2.55 bits per heavy atom. The van der Waals surface area contributed by atoms with Crippen LogP contribution in [-0.4, -0.2) is 46.5 Å². The molecule has 0 bridgehead atoms. The van der Waals surface area contributed by atoms with Crippen molar-refractivity contribution in [3.8, 4) is 0 Å². The van der Waals surface area contributed by atoms with Crippen molar-refractivity contribution in [1.29, 1.82) is 0 Å². The zero-order chi connectivity index (χ0) is 15.3. The molecule has 0 aliphatic heterocycles. The number of sulfonamides is 1. The first-order chi connectivity index (χ1) is 9.27. The minimum absolute atomic E-state index is 0.203. The molecule has 0 heterocycles. The Kier molecular flexibility index (Phi) is 5.79. The highest BCUT2D eigenvalue weighted by Gasteiger charge is 2.13. The Bertz CT molecular complexity index is 543. The van der Waals surface area contributed by atoms with Crippen LogP contribution in [0.15, 0.2) is 23.1 Å². The predicted molar refractivity (Wildman–Crippen MR) is 83.4 cm³/mol. The van der Waals surface area contributed by atoms with E-state index in [1.165, 1.54) is 13.1 Å². The van der Waals surface area contributed by atoms with Gasteiger partial charge in [-0.2, -0.15) is 0 Å². The summed E-state index contributed by atoms with van der Waals surface area (Å²) in [6, 6.07) is 5.10. The van der Waals surface area contributed by atoms with E-state index in [1.54, 1.807) is 12.1 Å². The van der Waals surface area contributed by atoms with E-state index >= 15 is 0 Å². The molecule has 0 atom stereocenters. The molecular weight excluding hydrogens is 276 g/mol. The molecule has 0 radical (unpaired) electrons. The molecule has 0 unspecified atom stereocenters. The molecule has 114 valence electrons. The zero-order valence-electron chi connectivity index (χ0n) is 12.5. The maximum Gasteiger partial charge on any atom is 0.240 e. The molecule has 0 saturated carbocycles. The highest BCUT2D eigenvalue weighted by molar-refractivity contribution is 7.89. The molecule has 4 N–H and O–H groups in total. The lowest BCUT2D eigenvalue weighted by molar-refractivity contribution is 0.284. The van der Waals surface area contributed by atoms with Gasteiger partial charge in [0.1, 0.15) is 0 Å². The van der Waals surface area contributed by atoms with Gasteiger partial charge in [-0.05, 0) is 46.1 Å². The summed E-state index contributed by atoms with van der Waals surface area (Å²) < 4.78 is 25.8. The van der Waals surface area contributed by atoms with Crippen LogP contribution in [0.2, 0.25) is 0 Å². The van der Waals surface area contributed by atoms with Gasteiger partial charge in [0.05, 0.1) is 16.3 Å². The van der Waals surface area contributed by atoms with Crippen LogP contribution in [0.3, 0.4) is 0 Å². The van der Waals surface area contributed by atoms with E-state index in [9.17, 15) is 8.42 Å². The Morgan fingerprint density at radius 1 is 1.35 bits per heavy atom. The Balaban J connectivity index is 2.78. The molecule has 0 saturated heterocycles. The van der Waals surface area contributed by atoms with Crippen LogP contribution in [0.5, 0.6) is 0 Å². The van der Waals surface area contributed by atoms with Crippen LogP contribution in [-0.2, 0) is 10.0 Å². The number of nitrogens with one attached hydrogen (secondary N) is 2. The molecule has 20 heavy (non-hydrogen) atoms. The third-order valence-electron chi connectivity index (χ3n) is 3.27. The molecule has 7 heteroatoms. The topological polar surface area (TPSA) is 87.5 Å². The van der Waals surface area contributed by atoms with Crippen LogP contribution < -0.4 is 15.8 Å². The summed E-state index contributed by atoms with van der Waals surface area (Å²) in [6.07, 6.45) is 0. The van der Waals surface area contributed by atoms with Crippen molar-refractivity contribution in [3.63, 3.8) is 0 Å². The highest BCUT2D eigenvalue weighted by Crippen LogP contribution is 2.22. The van der Waals surface area contributed by atoms with Crippen molar-refractivity contribution in [2.24, 2.45) is 0 Å². The molecule has 0 spiro atoms. The summed E-state index contributed by atoms with van der Waals surface area (Å²) in [5.41, 5.74) is 7.03. The molecule has 0 aliphatic rings. The molecule has 0 aromatic heterocycles. The second-order valence-electron chi connectivity index (χ2n) is 4.96. The van der Waals surface area contributed by atoms with Crippen LogP contribution >= 0.6 is 0 Å². The Labute approximate surface area is 121 Å². The van der Waals surface area contributed by atoms with Crippen molar-refractivity contribution in [3.05, 3.63) is 18.2 Å². The number of anilines is 2. The number of nitrogens with two attached hydrogens (primary N) is 1. The number of benzene rings is 1. The molecule has 1 aromatic rings. The van der Waals surface area contributed by atoms with E-state index in [-0.39, 0.29) is 4.90 Å². The second kappa shape index (κ2) is 6.92. The second-order valence-corrected chi connectivity index (χ2v) is 6.84. The molecular formula is C13H24N4O2S. The number of nitrogens with zero attached hydrogens (tertiary/aromatic N) is 1. The van der Waals surface area contributed by atoms with Crippen molar-refractivity contribution < 1.29 is 8.42 Å². The lowest BCUT2D eigenvalue weighted by atomic mass is 10.2. The summed E-state index contributed by atoms with van der Waals surface area (Å²) in [7, 11) is -0.0236. The smallest absolute Gasteiger partial charge is 0.240 e. The van der Waals surface area contributed by atoms with Crippen LogP contribution in [0.1, 0.15) is 13.8 Å². The maximum atomic E-state index is 11.7. The summed E-state index contributed by atoms with van der Waals surface area (Å²) in [6.45, 7) is 5.78. The van der Waals surface area contributed by atoms with Gasteiger partial charge >= 0.3 is 0 Å². The zero-order valence-corrected chi connectivity index (χ0v) is 13.3. The van der Waals surface area contributed by atoms with Crippen molar-refractivity contribution in [2.45, 2.75) is 24.8 Å². The van der Waals surface area contributed by atoms with E-state index in [2.05, 4.69) is 28.8 Å². The largest absolute Gasteiger partial charge is 0.397 e. The van der Waals surface area contributed by atoms with Crippen LogP contribution in [0.4, 0.5) is 11.4 Å². The normalized spacial score (nSPS) is 12.1. The van der Waals surface area contributed by atoms with Gasteiger partial charge in [-0.25, -0.2) is 13.1 Å². The summed E-state index contributed by atoms with van der Waals surface area (Å²) in [4.78, 5) is 2.39. The number of hydrogen-bond acceptors (Lipinski definition) is 5. The Morgan fingerprint density at radius 2 is 2.00 bits per heavy atom. The first kappa shape index (κ1) is 16.7. The number of likely N-dealkylation sites (N-methyl/N-ethyl adjacent to an activating group) is 1. The average molecular weight is 300 g/mol. The van der Waals surface area contributed by atoms with Gasteiger partial charge in [-0.15, -0.1) is 0 Å². The van der Waals surface area contributed by atoms with Crippen LogP contribution in [0.25, 0.3) is 0 Å². The summed E-state index contributed by atoms with van der Waals surface area (Å²) in [5.74, 6) is 0.